The summed E-state index contributed by atoms with van der Waals surface area (Å²) in [7, 11) is 0. The molecule has 0 amide bonds. The number of halogens is 1. The molecular formula is C16H26ClN3. The van der Waals surface area contributed by atoms with E-state index in [4.69, 9.17) is 17.3 Å². The molecule has 1 aliphatic heterocycles. The number of nitrogens with two attached hydrogens (primary N) is 1. The van der Waals surface area contributed by atoms with Gasteiger partial charge in [-0.1, -0.05) is 30.7 Å². The van der Waals surface area contributed by atoms with E-state index in [0.29, 0.717) is 5.92 Å². The predicted octanol–water partition coefficient (Wildman–Crippen LogP) is 2.84. The van der Waals surface area contributed by atoms with Gasteiger partial charge in [0.15, 0.2) is 0 Å². The van der Waals surface area contributed by atoms with Crippen molar-refractivity contribution in [2.24, 2.45) is 11.7 Å². The monoisotopic (exact) mass is 295 g/mol. The summed E-state index contributed by atoms with van der Waals surface area (Å²) in [6.07, 6.45) is 2.49. The van der Waals surface area contributed by atoms with Crippen molar-refractivity contribution in [3.8, 4) is 0 Å². The van der Waals surface area contributed by atoms with Crippen LogP contribution in [0.2, 0.25) is 5.02 Å². The van der Waals surface area contributed by atoms with Crippen LogP contribution in [0.4, 0.5) is 5.69 Å². The molecule has 1 heterocycles. The van der Waals surface area contributed by atoms with E-state index in [1.807, 2.05) is 12.1 Å². The molecule has 3 nitrogen and oxygen atoms in total. The number of anilines is 1. The van der Waals surface area contributed by atoms with Crippen LogP contribution in [0.15, 0.2) is 24.3 Å². The predicted molar refractivity (Wildman–Crippen MR) is 87.6 cm³/mol. The molecule has 1 fully saturated rings. The van der Waals surface area contributed by atoms with Crippen LogP contribution in [-0.2, 0) is 0 Å². The second-order valence-electron chi connectivity index (χ2n) is 5.76. The molecule has 1 saturated heterocycles. The van der Waals surface area contributed by atoms with Crippen molar-refractivity contribution in [1.82, 2.24) is 4.90 Å². The highest BCUT2D eigenvalue weighted by Gasteiger charge is 2.18. The quantitative estimate of drug-likeness (QED) is 0.876. The molecule has 0 bridgehead atoms. The summed E-state index contributed by atoms with van der Waals surface area (Å²) in [5.41, 5.74) is 6.83. The second-order valence-corrected chi connectivity index (χ2v) is 6.17. The highest BCUT2D eigenvalue weighted by molar-refractivity contribution is 6.33. The highest BCUT2D eigenvalue weighted by Crippen LogP contribution is 2.26. The Hall–Kier alpha value is -0.770. The van der Waals surface area contributed by atoms with Gasteiger partial charge in [-0.15, -0.1) is 0 Å². The normalized spacial score (nSPS) is 18.2. The Morgan fingerprint density at radius 2 is 1.90 bits per heavy atom. The number of benzene rings is 1. The molecule has 4 heteroatoms. The Morgan fingerprint density at radius 3 is 2.55 bits per heavy atom. The fraction of sp³-hybridized carbons (Fsp3) is 0.625. The molecule has 0 spiro atoms. The van der Waals surface area contributed by atoms with Crippen molar-refractivity contribution in [3.05, 3.63) is 29.3 Å². The number of rotatable bonds is 6. The van der Waals surface area contributed by atoms with Gasteiger partial charge in [-0.3, -0.25) is 4.90 Å². The van der Waals surface area contributed by atoms with Crippen LogP contribution in [0, 0.1) is 5.92 Å². The molecule has 1 unspecified atom stereocenters. The number of hydrogen-bond acceptors (Lipinski definition) is 3. The minimum atomic E-state index is 0.652. The number of hydrogen-bond donors (Lipinski definition) is 1. The van der Waals surface area contributed by atoms with E-state index in [-0.39, 0.29) is 0 Å². The standard InChI is InChI=1S/C16H26ClN3/c1-14(13-18)5-4-8-19-9-11-20(12-10-19)16-7-3-2-6-15(16)17/h2-3,6-7,14H,4-5,8-13,18H2,1H3. The third kappa shape index (κ3) is 4.37. The summed E-state index contributed by atoms with van der Waals surface area (Å²) < 4.78 is 0. The Kier molecular flexibility index (Phi) is 6.14. The third-order valence-electron chi connectivity index (χ3n) is 4.14. The zero-order chi connectivity index (χ0) is 14.4. The van der Waals surface area contributed by atoms with Crippen LogP contribution in [0.1, 0.15) is 19.8 Å². The average molecular weight is 296 g/mol. The van der Waals surface area contributed by atoms with Gasteiger partial charge in [0, 0.05) is 26.2 Å². The minimum absolute atomic E-state index is 0.652. The fourth-order valence-electron chi connectivity index (χ4n) is 2.70. The zero-order valence-electron chi connectivity index (χ0n) is 12.4. The lowest BCUT2D eigenvalue weighted by Crippen LogP contribution is -2.46. The van der Waals surface area contributed by atoms with Crippen LogP contribution in [0.25, 0.3) is 0 Å². The molecule has 1 atom stereocenters. The van der Waals surface area contributed by atoms with Gasteiger partial charge in [0.25, 0.3) is 0 Å². The topological polar surface area (TPSA) is 32.5 Å². The summed E-state index contributed by atoms with van der Waals surface area (Å²) >= 11 is 6.26. The molecule has 1 aliphatic rings. The van der Waals surface area contributed by atoms with Gasteiger partial charge in [0.05, 0.1) is 10.7 Å². The van der Waals surface area contributed by atoms with Crippen molar-refractivity contribution in [3.63, 3.8) is 0 Å². The maximum Gasteiger partial charge on any atom is 0.0639 e. The van der Waals surface area contributed by atoms with Crippen molar-refractivity contribution in [1.29, 1.82) is 0 Å². The minimum Gasteiger partial charge on any atom is -0.368 e. The molecule has 0 saturated carbocycles. The van der Waals surface area contributed by atoms with E-state index in [2.05, 4.69) is 28.9 Å². The first-order valence-corrected chi connectivity index (χ1v) is 8.00. The first-order valence-electron chi connectivity index (χ1n) is 7.62. The molecule has 1 aromatic carbocycles. The number of para-hydroxylation sites is 1. The fourth-order valence-corrected chi connectivity index (χ4v) is 2.96. The number of piperazine rings is 1. The molecule has 2 rings (SSSR count). The van der Waals surface area contributed by atoms with Gasteiger partial charge >= 0.3 is 0 Å². The Labute approximate surface area is 127 Å². The van der Waals surface area contributed by atoms with Crippen LogP contribution < -0.4 is 10.6 Å². The molecule has 0 aromatic heterocycles. The first kappa shape index (κ1) is 15.6. The van der Waals surface area contributed by atoms with Gasteiger partial charge < -0.3 is 10.6 Å². The molecule has 20 heavy (non-hydrogen) atoms. The van der Waals surface area contributed by atoms with Crippen LogP contribution in [0.3, 0.4) is 0 Å². The second kappa shape index (κ2) is 7.87. The summed E-state index contributed by atoms with van der Waals surface area (Å²) in [6.45, 7) is 8.62. The Bertz CT molecular complexity index is 402. The van der Waals surface area contributed by atoms with Gasteiger partial charge in [-0.2, -0.15) is 0 Å². The van der Waals surface area contributed by atoms with E-state index < -0.39 is 0 Å². The average Bonchev–Trinajstić information content (AvgIpc) is 2.48. The van der Waals surface area contributed by atoms with Crippen molar-refractivity contribution < 1.29 is 0 Å². The summed E-state index contributed by atoms with van der Waals surface area (Å²) in [5.74, 6) is 0.652. The van der Waals surface area contributed by atoms with Gasteiger partial charge in [-0.05, 0) is 44.0 Å². The van der Waals surface area contributed by atoms with Gasteiger partial charge in [0.2, 0.25) is 0 Å². The molecular weight excluding hydrogens is 270 g/mol. The largest absolute Gasteiger partial charge is 0.368 e. The maximum absolute atomic E-state index is 6.26. The van der Waals surface area contributed by atoms with Crippen molar-refractivity contribution in [2.75, 3.05) is 44.2 Å². The maximum atomic E-state index is 6.26. The van der Waals surface area contributed by atoms with E-state index in [0.717, 1.165) is 37.7 Å². The van der Waals surface area contributed by atoms with E-state index in [1.54, 1.807) is 0 Å². The van der Waals surface area contributed by atoms with Gasteiger partial charge in [0.1, 0.15) is 0 Å². The van der Waals surface area contributed by atoms with Crippen LogP contribution in [0.5, 0.6) is 0 Å². The van der Waals surface area contributed by atoms with Crippen molar-refractivity contribution in [2.45, 2.75) is 19.8 Å². The Morgan fingerprint density at radius 1 is 1.20 bits per heavy atom. The molecule has 1 aromatic rings. The lowest BCUT2D eigenvalue weighted by Gasteiger charge is -2.36. The summed E-state index contributed by atoms with van der Waals surface area (Å²) in [5, 5.41) is 0.859. The lowest BCUT2D eigenvalue weighted by molar-refractivity contribution is 0.248. The van der Waals surface area contributed by atoms with Crippen LogP contribution in [-0.4, -0.2) is 44.2 Å². The summed E-state index contributed by atoms with van der Waals surface area (Å²) in [4.78, 5) is 4.94. The number of nitrogens with zero attached hydrogens (tertiary/aromatic N) is 2. The van der Waals surface area contributed by atoms with Gasteiger partial charge in [-0.25, -0.2) is 0 Å². The third-order valence-corrected chi connectivity index (χ3v) is 4.46. The Balaban J connectivity index is 1.74. The summed E-state index contributed by atoms with van der Waals surface area (Å²) in [6, 6.07) is 8.13. The lowest BCUT2D eigenvalue weighted by atomic mass is 10.1. The molecule has 112 valence electrons. The zero-order valence-corrected chi connectivity index (χ0v) is 13.1. The highest BCUT2D eigenvalue weighted by atomic mass is 35.5. The van der Waals surface area contributed by atoms with E-state index in [9.17, 15) is 0 Å². The SMILES string of the molecule is CC(CN)CCCN1CCN(c2ccccc2Cl)CC1. The van der Waals surface area contributed by atoms with Crippen molar-refractivity contribution >= 4 is 17.3 Å². The van der Waals surface area contributed by atoms with E-state index >= 15 is 0 Å². The smallest absolute Gasteiger partial charge is 0.0639 e. The molecule has 2 N–H and O–H groups in total. The first-order chi connectivity index (χ1) is 9.70. The molecule has 0 radical (unpaired) electrons. The van der Waals surface area contributed by atoms with Crippen LogP contribution >= 0.6 is 11.6 Å². The molecule has 0 aliphatic carbocycles. The van der Waals surface area contributed by atoms with E-state index in [1.165, 1.54) is 25.1 Å².